The number of aromatic carboxylic acids is 1. The number of thiazole rings is 2. The summed E-state index contributed by atoms with van der Waals surface area (Å²) in [6, 6.07) is 12.4. The Morgan fingerprint density at radius 1 is 0.981 bits per heavy atom. The van der Waals surface area contributed by atoms with Crippen molar-refractivity contribution in [1.29, 1.82) is 0 Å². The van der Waals surface area contributed by atoms with Gasteiger partial charge < -0.3 is 19.8 Å². The van der Waals surface area contributed by atoms with Gasteiger partial charge in [0.15, 0.2) is 5.75 Å². The molecule has 2 aliphatic rings. The summed E-state index contributed by atoms with van der Waals surface area (Å²) in [7, 11) is -2.77. The van der Waals surface area contributed by atoms with Crippen molar-refractivity contribution in [2.75, 3.05) is 24.2 Å². The van der Waals surface area contributed by atoms with Gasteiger partial charge in [-0.05, 0) is 55.8 Å². The zero-order valence-corrected chi connectivity index (χ0v) is 31.0. The quantitative estimate of drug-likeness (QED) is 0.164. The fourth-order valence-electron chi connectivity index (χ4n) is 5.40. The van der Waals surface area contributed by atoms with Crippen molar-refractivity contribution >= 4 is 95.6 Å². The lowest BCUT2D eigenvalue weighted by molar-refractivity contribution is -0.137. The zero-order chi connectivity index (χ0) is 37.6. The predicted molar refractivity (Wildman–Crippen MR) is 199 cm³/mol. The van der Waals surface area contributed by atoms with Crippen molar-refractivity contribution in [3.8, 4) is 11.4 Å². The van der Waals surface area contributed by atoms with E-state index in [2.05, 4.69) is 0 Å². The number of amides is 1. The fourth-order valence-corrected chi connectivity index (χ4v) is 9.63. The Bertz CT molecular complexity index is 2690. The van der Waals surface area contributed by atoms with Crippen LogP contribution in [0.1, 0.15) is 23.7 Å². The van der Waals surface area contributed by atoms with E-state index in [9.17, 15) is 47.2 Å². The minimum atomic E-state index is -4.23. The van der Waals surface area contributed by atoms with Crippen LogP contribution in [0.25, 0.3) is 16.7 Å². The van der Waals surface area contributed by atoms with Gasteiger partial charge in [-0.15, -0.1) is 22.7 Å². The smallest absolute Gasteiger partial charge is 0.335 e. The van der Waals surface area contributed by atoms with E-state index in [0.717, 1.165) is 39.0 Å². The third-order valence-corrected chi connectivity index (χ3v) is 12.7. The summed E-state index contributed by atoms with van der Waals surface area (Å²) >= 11 is 7.90. The molecule has 0 atom stereocenters. The van der Waals surface area contributed by atoms with Crippen LogP contribution in [-0.4, -0.2) is 78.7 Å². The summed E-state index contributed by atoms with van der Waals surface area (Å²) < 4.78 is 40.8. The van der Waals surface area contributed by atoms with E-state index in [0.29, 0.717) is 22.9 Å². The van der Waals surface area contributed by atoms with E-state index in [1.165, 1.54) is 46.9 Å². The van der Waals surface area contributed by atoms with Crippen LogP contribution in [0.15, 0.2) is 69.6 Å². The number of ether oxygens (including phenoxy) is 1. The molecule has 52 heavy (non-hydrogen) atoms. The van der Waals surface area contributed by atoms with Gasteiger partial charge in [-0.1, -0.05) is 36.1 Å². The molecule has 0 bridgehead atoms. The number of carbonyl (C=O) groups excluding carboxylic acids is 1. The molecule has 4 heterocycles. The van der Waals surface area contributed by atoms with E-state index < -0.39 is 51.4 Å². The highest BCUT2D eigenvalue weighted by Gasteiger charge is 2.32. The topological polar surface area (TPSA) is 206 Å². The molecule has 6 rings (SSSR count). The van der Waals surface area contributed by atoms with Gasteiger partial charge in [-0.2, -0.15) is 8.42 Å². The Hall–Kier alpha value is -4.86. The minimum absolute atomic E-state index is 0.0409. The highest BCUT2D eigenvalue weighted by molar-refractivity contribution is 8.30. The first-order valence-electron chi connectivity index (χ1n) is 15.0. The van der Waals surface area contributed by atoms with Crippen molar-refractivity contribution in [2.24, 2.45) is 0 Å². The summed E-state index contributed by atoms with van der Waals surface area (Å²) in [6.45, 7) is 1.03. The maximum absolute atomic E-state index is 14.3. The highest BCUT2D eigenvalue weighted by atomic mass is 32.2. The van der Waals surface area contributed by atoms with Gasteiger partial charge in [0, 0.05) is 19.2 Å². The third-order valence-electron chi connectivity index (χ3n) is 7.80. The molecule has 20 heteroatoms. The number of thiocarbonyl (C=S) groups is 1. The van der Waals surface area contributed by atoms with Gasteiger partial charge in [0.2, 0.25) is 5.88 Å². The number of hydrogen-bond donors (Lipinski definition) is 3. The number of fused-ring (bicyclic) bond motifs is 1. The van der Waals surface area contributed by atoms with Gasteiger partial charge in [-0.3, -0.25) is 37.8 Å². The number of carboxylic acid groups (broad SMARTS) is 2. The van der Waals surface area contributed by atoms with Crippen LogP contribution in [0.4, 0.5) is 5.69 Å². The molecule has 0 aliphatic carbocycles. The van der Waals surface area contributed by atoms with Crippen molar-refractivity contribution in [2.45, 2.75) is 19.9 Å². The summed E-state index contributed by atoms with van der Waals surface area (Å²) in [5.41, 5.74) is -0.144. The Labute approximate surface area is 310 Å². The molecule has 2 aromatic carbocycles. The fraction of sp³-hybridized carbons (Fsp3) is 0.188. The lowest BCUT2D eigenvalue weighted by Crippen LogP contribution is -2.32. The second-order valence-corrected chi connectivity index (χ2v) is 16.6. The van der Waals surface area contributed by atoms with Crippen molar-refractivity contribution < 1.29 is 42.3 Å². The number of nitrogens with zero attached hydrogens (tertiary/aromatic N) is 4. The molecule has 2 aliphatic heterocycles. The van der Waals surface area contributed by atoms with E-state index in [4.69, 9.17) is 17.0 Å². The van der Waals surface area contributed by atoms with Crippen molar-refractivity contribution in [1.82, 2.24) is 14.0 Å². The number of carbonyl (C=O) groups is 3. The summed E-state index contributed by atoms with van der Waals surface area (Å²) in [5.74, 6) is -2.79. The molecule has 1 amide bonds. The number of thioether (sulfide) groups is 1. The number of para-hydroxylation sites is 2. The van der Waals surface area contributed by atoms with E-state index in [-0.39, 0.29) is 51.8 Å². The van der Waals surface area contributed by atoms with Crippen molar-refractivity contribution in [3.63, 3.8) is 0 Å². The molecule has 2 aromatic heterocycles. The van der Waals surface area contributed by atoms with Crippen LogP contribution in [-0.2, 0) is 26.3 Å². The molecule has 15 nitrogen and oxygen atoms in total. The molecule has 1 fully saturated rings. The third kappa shape index (κ3) is 7.12. The van der Waals surface area contributed by atoms with Crippen LogP contribution >= 0.6 is 46.7 Å². The van der Waals surface area contributed by atoms with E-state index >= 15 is 0 Å². The molecular formula is C32H26N4O11S5. The van der Waals surface area contributed by atoms with Gasteiger partial charge in [0.1, 0.15) is 29.6 Å². The number of carboxylic acids is 2. The molecular weight excluding hydrogens is 777 g/mol. The first-order chi connectivity index (χ1) is 24.6. The number of hydrogen-bond acceptors (Lipinski definition) is 13. The predicted octanol–water partition coefficient (Wildman–Crippen LogP) is 1.98. The lowest BCUT2D eigenvalue weighted by Gasteiger charge is -2.19. The SMILES string of the molecule is CC(C=c1s/c(=c2/sc(=C3SC(=S)N(C)C3=O)n(CC(=O)O)c2=O)n(-c2ccc(C(=O)O)cc2)c1=O)=C1Oc2ccccc2N1CCCS(=O)(=O)O. The van der Waals surface area contributed by atoms with Gasteiger partial charge >= 0.3 is 11.9 Å². The Kier molecular flexibility index (Phi) is 10.1. The second-order valence-electron chi connectivity index (χ2n) is 11.3. The first kappa shape index (κ1) is 36.9. The summed E-state index contributed by atoms with van der Waals surface area (Å²) in [4.78, 5) is 67.8. The molecule has 270 valence electrons. The largest absolute Gasteiger partial charge is 0.480 e. The van der Waals surface area contributed by atoms with Gasteiger partial charge in [0.05, 0.1) is 27.2 Å². The minimum Gasteiger partial charge on any atom is -0.480 e. The second kappa shape index (κ2) is 14.3. The number of anilines is 1. The normalized spacial score (nSPS) is 17.5. The Morgan fingerprint density at radius 2 is 1.67 bits per heavy atom. The number of rotatable bonds is 9. The summed E-state index contributed by atoms with van der Waals surface area (Å²) in [6.07, 6.45) is 1.58. The molecule has 1 saturated heterocycles. The number of aliphatic carboxylic acids is 1. The van der Waals surface area contributed by atoms with Crippen LogP contribution in [0, 0.1) is 9.20 Å². The average molecular weight is 803 g/mol. The molecule has 3 N–H and O–H groups in total. The maximum atomic E-state index is 14.3. The average Bonchev–Trinajstić information content (AvgIpc) is 3.79. The zero-order valence-electron chi connectivity index (χ0n) is 27.0. The van der Waals surface area contributed by atoms with Crippen LogP contribution < -0.4 is 30.0 Å². The lowest BCUT2D eigenvalue weighted by atomic mass is 10.2. The molecule has 0 spiro atoms. The summed E-state index contributed by atoms with van der Waals surface area (Å²) in [5, 5.41) is 19.1. The highest BCUT2D eigenvalue weighted by Crippen LogP contribution is 2.40. The number of allylic oxidation sites excluding steroid dienone is 1. The maximum Gasteiger partial charge on any atom is 0.335 e. The first-order valence-corrected chi connectivity index (χ1v) is 19.5. The van der Waals surface area contributed by atoms with Gasteiger partial charge in [-0.25, -0.2) is 4.79 Å². The monoisotopic (exact) mass is 802 g/mol. The molecule has 4 aromatic rings. The molecule has 0 unspecified atom stereocenters. The van der Waals surface area contributed by atoms with E-state index in [1.807, 2.05) is 0 Å². The van der Waals surface area contributed by atoms with E-state index in [1.54, 1.807) is 36.1 Å². The van der Waals surface area contributed by atoms with Crippen molar-refractivity contribution in [3.05, 3.63) is 105 Å². The standard InChI is InChI=1S/C32H26N4O11S5/c1-16(28-34(12-5-13-52(44,45)46)19-6-3-4-7-20(19)47-28)14-21-25(39)36(18-10-8-17(9-11-18)31(42)43)30(49-21)24-27(41)35(15-22(37)38)29(50-24)23-26(40)33(2)32(48)51-23/h3-4,6-11,14H,5,12-13,15H2,1-2H3,(H,37,38)(H,42,43)(H,44,45,46)/b21-14?,28-16?,29-23?,30-24+. The van der Waals surface area contributed by atoms with Crippen LogP contribution in [0.5, 0.6) is 5.75 Å². The Balaban J connectivity index is 1.65. The number of aromatic nitrogens is 2. The molecule has 0 saturated carbocycles. The van der Waals surface area contributed by atoms with Gasteiger partial charge in [0.25, 0.3) is 27.1 Å². The molecule has 0 radical (unpaired) electrons. The van der Waals surface area contributed by atoms with Crippen LogP contribution in [0.3, 0.4) is 0 Å². The van der Waals surface area contributed by atoms with Crippen LogP contribution in [0.2, 0.25) is 0 Å². The number of benzene rings is 2. The Morgan fingerprint density at radius 3 is 2.29 bits per heavy atom.